The molecule has 0 aliphatic carbocycles. The number of para-hydroxylation sites is 1. The van der Waals surface area contributed by atoms with E-state index in [4.69, 9.17) is 14.2 Å². The maximum Gasteiger partial charge on any atom is 0.203 e. The summed E-state index contributed by atoms with van der Waals surface area (Å²) >= 11 is 0. The molecular weight excluding hydrogens is 402 g/mol. The lowest BCUT2D eigenvalue weighted by atomic mass is 10.0. The number of anilines is 1. The third kappa shape index (κ3) is 4.81. The summed E-state index contributed by atoms with van der Waals surface area (Å²) in [5.41, 5.74) is 4.27. The van der Waals surface area contributed by atoms with Crippen LogP contribution in [0.5, 0.6) is 17.2 Å². The van der Waals surface area contributed by atoms with Gasteiger partial charge in [0.25, 0.3) is 0 Å². The number of hydrogen-bond donors (Lipinski definition) is 1. The van der Waals surface area contributed by atoms with Crippen molar-refractivity contribution in [2.24, 2.45) is 0 Å². The predicted octanol–water partition coefficient (Wildman–Crippen LogP) is 4.53. The summed E-state index contributed by atoms with van der Waals surface area (Å²) in [6.07, 6.45) is 4.15. The van der Waals surface area contributed by atoms with Crippen LogP contribution >= 0.6 is 0 Å². The largest absolute Gasteiger partial charge is 0.493 e. The van der Waals surface area contributed by atoms with Crippen molar-refractivity contribution >= 4 is 5.69 Å². The molecule has 1 aromatic heterocycles. The third-order valence-electron chi connectivity index (χ3n) is 5.98. The van der Waals surface area contributed by atoms with Crippen molar-refractivity contribution in [3.63, 3.8) is 0 Å². The Morgan fingerprint density at radius 1 is 0.906 bits per heavy atom. The number of pyridine rings is 1. The van der Waals surface area contributed by atoms with Crippen LogP contribution in [0, 0.1) is 0 Å². The predicted molar refractivity (Wildman–Crippen MR) is 128 cm³/mol. The van der Waals surface area contributed by atoms with Gasteiger partial charge < -0.3 is 24.4 Å². The SMILES string of the molecule is COc1cc(-c2cc(CN(c3ccccc3)C3CCNCC3)ccn2)cc(OC)c1OC. The van der Waals surface area contributed by atoms with Crippen molar-refractivity contribution in [2.75, 3.05) is 39.3 Å². The number of hydrogen-bond acceptors (Lipinski definition) is 6. The first-order chi connectivity index (χ1) is 15.7. The van der Waals surface area contributed by atoms with Gasteiger partial charge >= 0.3 is 0 Å². The number of nitrogens with one attached hydrogen (secondary N) is 1. The molecule has 6 nitrogen and oxygen atoms in total. The van der Waals surface area contributed by atoms with Crippen LogP contribution in [-0.2, 0) is 6.54 Å². The third-order valence-corrected chi connectivity index (χ3v) is 5.98. The second-order valence-electron chi connectivity index (χ2n) is 7.91. The van der Waals surface area contributed by atoms with Gasteiger partial charge in [-0.25, -0.2) is 0 Å². The highest BCUT2D eigenvalue weighted by molar-refractivity contribution is 5.69. The molecule has 3 aromatic rings. The van der Waals surface area contributed by atoms with Crippen molar-refractivity contribution in [3.05, 3.63) is 66.4 Å². The number of ether oxygens (including phenoxy) is 3. The Morgan fingerprint density at radius 3 is 2.22 bits per heavy atom. The zero-order chi connectivity index (χ0) is 22.3. The zero-order valence-electron chi connectivity index (χ0n) is 19.0. The van der Waals surface area contributed by atoms with Crippen molar-refractivity contribution in [2.45, 2.75) is 25.4 Å². The molecule has 0 amide bonds. The van der Waals surface area contributed by atoms with Crippen LogP contribution in [0.25, 0.3) is 11.3 Å². The molecule has 1 aliphatic heterocycles. The lowest BCUT2D eigenvalue weighted by Gasteiger charge is -2.36. The molecule has 0 spiro atoms. The smallest absolute Gasteiger partial charge is 0.203 e. The van der Waals surface area contributed by atoms with Crippen LogP contribution in [0.2, 0.25) is 0 Å². The van der Waals surface area contributed by atoms with Crippen molar-refractivity contribution in [3.8, 4) is 28.5 Å². The monoisotopic (exact) mass is 433 g/mol. The molecule has 2 aromatic carbocycles. The van der Waals surface area contributed by atoms with E-state index >= 15 is 0 Å². The van der Waals surface area contributed by atoms with Crippen molar-refractivity contribution in [1.29, 1.82) is 0 Å². The lowest BCUT2D eigenvalue weighted by Crippen LogP contribution is -2.43. The van der Waals surface area contributed by atoms with Crippen LogP contribution in [0.3, 0.4) is 0 Å². The van der Waals surface area contributed by atoms with E-state index < -0.39 is 0 Å². The topological polar surface area (TPSA) is 55.9 Å². The molecule has 168 valence electrons. The summed E-state index contributed by atoms with van der Waals surface area (Å²) in [6.45, 7) is 2.94. The van der Waals surface area contributed by atoms with Gasteiger partial charge in [-0.2, -0.15) is 0 Å². The Labute approximate surface area is 190 Å². The molecule has 6 heteroatoms. The molecule has 32 heavy (non-hydrogen) atoms. The van der Waals surface area contributed by atoms with Gasteiger partial charge in [0.05, 0.1) is 27.0 Å². The van der Waals surface area contributed by atoms with Crippen LogP contribution in [-0.4, -0.2) is 45.4 Å². The van der Waals surface area contributed by atoms with Crippen LogP contribution in [0.4, 0.5) is 5.69 Å². The fourth-order valence-electron chi connectivity index (χ4n) is 4.33. The van der Waals surface area contributed by atoms with E-state index in [9.17, 15) is 0 Å². The summed E-state index contributed by atoms with van der Waals surface area (Å²) in [7, 11) is 4.86. The van der Waals surface area contributed by atoms with Gasteiger partial charge in [-0.15, -0.1) is 0 Å². The molecule has 0 unspecified atom stereocenters. The van der Waals surface area contributed by atoms with E-state index in [0.717, 1.165) is 43.7 Å². The number of nitrogens with zero attached hydrogens (tertiary/aromatic N) is 2. The highest BCUT2D eigenvalue weighted by Gasteiger charge is 2.22. The van der Waals surface area contributed by atoms with Crippen LogP contribution < -0.4 is 24.4 Å². The molecule has 1 N–H and O–H groups in total. The second-order valence-corrected chi connectivity index (χ2v) is 7.91. The van der Waals surface area contributed by atoms with Gasteiger partial charge in [-0.3, -0.25) is 4.98 Å². The first-order valence-corrected chi connectivity index (χ1v) is 11.0. The number of rotatable bonds is 8. The summed E-state index contributed by atoms with van der Waals surface area (Å²) in [4.78, 5) is 7.15. The van der Waals surface area contributed by atoms with Crippen LogP contribution in [0.1, 0.15) is 18.4 Å². The second kappa shape index (κ2) is 10.4. The number of methoxy groups -OCH3 is 3. The maximum absolute atomic E-state index is 5.53. The van der Waals surface area contributed by atoms with E-state index in [1.165, 1.54) is 11.3 Å². The first kappa shape index (κ1) is 22.0. The molecule has 4 rings (SSSR count). The van der Waals surface area contributed by atoms with Gasteiger partial charge in [0.15, 0.2) is 11.5 Å². The molecule has 2 heterocycles. The maximum atomic E-state index is 5.53. The summed E-state index contributed by atoms with van der Waals surface area (Å²) < 4.78 is 16.5. The average Bonchev–Trinajstić information content (AvgIpc) is 2.87. The van der Waals surface area contributed by atoms with E-state index in [2.05, 4.69) is 57.7 Å². The lowest BCUT2D eigenvalue weighted by molar-refractivity contribution is 0.324. The van der Waals surface area contributed by atoms with Crippen molar-refractivity contribution < 1.29 is 14.2 Å². The fourth-order valence-corrected chi connectivity index (χ4v) is 4.33. The molecule has 0 saturated carbocycles. The number of aromatic nitrogens is 1. The minimum atomic E-state index is 0.511. The van der Waals surface area contributed by atoms with Gasteiger partial charge in [0.2, 0.25) is 5.75 Å². The standard InChI is InChI=1S/C26H31N3O3/c1-30-24-16-20(17-25(31-2)26(24)32-3)23-15-19(9-14-28-23)18-29(21-7-5-4-6-8-21)22-10-12-27-13-11-22/h4-9,14-17,22,27H,10-13,18H2,1-3H3. The number of piperidine rings is 1. The Bertz CT molecular complexity index is 995. The van der Waals surface area contributed by atoms with E-state index in [0.29, 0.717) is 23.3 Å². The molecule has 0 bridgehead atoms. The Morgan fingerprint density at radius 2 is 1.59 bits per heavy atom. The summed E-state index contributed by atoms with van der Waals surface area (Å²) in [5, 5.41) is 3.48. The highest BCUT2D eigenvalue weighted by atomic mass is 16.5. The first-order valence-electron chi connectivity index (χ1n) is 11.0. The minimum Gasteiger partial charge on any atom is -0.493 e. The normalized spacial score (nSPS) is 14.1. The molecular formula is C26H31N3O3. The molecule has 0 atom stereocenters. The van der Waals surface area contributed by atoms with Gasteiger partial charge in [0, 0.05) is 30.0 Å². The minimum absolute atomic E-state index is 0.511. The van der Waals surface area contributed by atoms with Crippen LogP contribution in [0.15, 0.2) is 60.8 Å². The summed E-state index contributed by atoms with van der Waals surface area (Å²) in [5.74, 6) is 1.82. The van der Waals surface area contributed by atoms with Gasteiger partial charge in [-0.05, 0) is 67.9 Å². The van der Waals surface area contributed by atoms with E-state index in [1.54, 1.807) is 21.3 Å². The highest BCUT2D eigenvalue weighted by Crippen LogP contribution is 2.41. The molecule has 0 radical (unpaired) electrons. The van der Waals surface area contributed by atoms with E-state index in [1.807, 2.05) is 18.3 Å². The quantitative estimate of drug-likeness (QED) is 0.563. The van der Waals surface area contributed by atoms with Gasteiger partial charge in [-0.1, -0.05) is 18.2 Å². The Kier molecular flexibility index (Phi) is 7.12. The Hall–Kier alpha value is -3.25. The fraction of sp³-hybridized carbons (Fsp3) is 0.346. The zero-order valence-corrected chi connectivity index (χ0v) is 19.0. The molecule has 1 fully saturated rings. The van der Waals surface area contributed by atoms with Crippen molar-refractivity contribution in [1.82, 2.24) is 10.3 Å². The number of benzene rings is 2. The molecule has 1 saturated heterocycles. The Balaban J connectivity index is 1.66. The van der Waals surface area contributed by atoms with Gasteiger partial charge in [0.1, 0.15) is 0 Å². The van der Waals surface area contributed by atoms with E-state index in [-0.39, 0.29) is 0 Å². The summed E-state index contributed by atoms with van der Waals surface area (Å²) in [6, 6.07) is 19.3. The molecule has 1 aliphatic rings. The average molecular weight is 434 g/mol.